The summed E-state index contributed by atoms with van der Waals surface area (Å²) in [6.45, 7) is 0. The van der Waals surface area contributed by atoms with Crippen molar-refractivity contribution in [3.63, 3.8) is 0 Å². The third-order valence-electron chi connectivity index (χ3n) is 11.0. The Morgan fingerprint density at radius 2 is 0.907 bits per heavy atom. The molecule has 0 saturated carbocycles. The van der Waals surface area contributed by atoms with Gasteiger partial charge in [0.15, 0.2) is 0 Å². The van der Waals surface area contributed by atoms with Gasteiger partial charge in [-0.2, -0.15) is 0 Å². The van der Waals surface area contributed by atoms with Crippen molar-refractivity contribution in [1.29, 1.82) is 0 Å². The lowest BCUT2D eigenvalue weighted by molar-refractivity contribution is 0.670. The summed E-state index contributed by atoms with van der Waals surface area (Å²) in [6, 6.07) is 72.2. The van der Waals surface area contributed by atoms with Crippen LogP contribution in [0.15, 0.2) is 205 Å². The third-order valence-corrected chi connectivity index (χ3v) is 11.0. The first kappa shape index (κ1) is 30.5. The number of fused-ring (bicyclic) bond motifs is 8. The maximum atomic E-state index is 6.80. The van der Waals surface area contributed by atoms with E-state index in [0.29, 0.717) is 0 Å². The van der Waals surface area contributed by atoms with Gasteiger partial charge in [0.25, 0.3) is 0 Å². The summed E-state index contributed by atoms with van der Waals surface area (Å²) in [5.74, 6) is 0. The second kappa shape index (κ2) is 12.2. The SMILES string of the molecule is c1ccc(-c2ccc(-c3cc(-c4ccccc4)cc(-n4c5ccccc5c5cccc(-c6cccc7c6oc6ccc8ccccc8c67)c54)c3)cc2)cc1. The Morgan fingerprint density at radius 1 is 0.352 bits per heavy atom. The number of rotatable bonds is 5. The van der Waals surface area contributed by atoms with E-state index in [-0.39, 0.29) is 0 Å². The van der Waals surface area contributed by atoms with Crippen molar-refractivity contribution in [3.8, 4) is 50.2 Å². The van der Waals surface area contributed by atoms with Crippen molar-refractivity contribution in [2.75, 3.05) is 0 Å². The molecule has 11 aromatic rings. The highest BCUT2D eigenvalue weighted by Crippen LogP contribution is 2.44. The fourth-order valence-corrected chi connectivity index (χ4v) is 8.47. The van der Waals surface area contributed by atoms with Gasteiger partial charge in [-0.25, -0.2) is 0 Å². The first-order valence-corrected chi connectivity index (χ1v) is 18.5. The van der Waals surface area contributed by atoms with Crippen molar-refractivity contribution in [3.05, 3.63) is 200 Å². The Balaban J connectivity index is 1.18. The molecule has 0 fully saturated rings. The van der Waals surface area contributed by atoms with Crippen molar-refractivity contribution < 1.29 is 4.42 Å². The van der Waals surface area contributed by atoms with Gasteiger partial charge in [-0.15, -0.1) is 0 Å². The molecule has 0 aliphatic carbocycles. The molecule has 2 aromatic heterocycles. The van der Waals surface area contributed by atoms with E-state index in [1.807, 2.05) is 0 Å². The Bertz CT molecular complexity index is 3190. The van der Waals surface area contributed by atoms with Crippen LogP contribution in [-0.4, -0.2) is 4.57 Å². The predicted molar refractivity (Wildman–Crippen MR) is 227 cm³/mol. The number of hydrogen-bond acceptors (Lipinski definition) is 1. The van der Waals surface area contributed by atoms with Gasteiger partial charge in [0.1, 0.15) is 11.2 Å². The molecule has 0 amide bonds. The summed E-state index contributed by atoms with van der Waals surface area (Å²) in [6.07, 6.45) is 0. The average Bonchev–Trinajstić information content (AvgIpc) is 3.81. The van der Waals surface area contributed by atoms with Crippen LogP contribution in [-0.2, 0) is 0 Å². The molecule has 2 heterocycles. The summed E-state index contributed by atoms with van der Waals surface area (Å²) in [5, 5.41) is 7.14. The second-order valence-corrected chi connectivity index (χ2v) is 14.1. The number of benzene rings is 9. The van der Waals surface area contributed by atoms with Crippen molar-refractivity contribution in [1.82, 2.24) is 4.57 Å². The Kier molecular flexibility index (Phi) is 6.90. The molecule has 0 aliphatic rings. The molecule has 2 nitrogen and oxygen atoms in total. The highest BCUT2D eigenvalue weighted by Gasteiger charge is 2.21. The first-order chi connectivity index (χ1) is 26.8. The van der Waals surface area contributed by atoms with Crippen LogP contribution in [0, 0.1) is 0 Å². The summed E-state index contributed by atoms with van der Waals surface area (Å²) >= 11 is 0. The fourth-order valence-electron chi connectivity index (χ4n) is 8.47. The first-order valence-electron chi connectivity index (χ1n) is 18.5. The van der Waals surface area contributed by atoms with Gasteiger partial charge in [0.2, 0.25) is 0 Å². The molecular weight excluding hydrogens is 655 g/mol. The van der Waals surface area contributed by atoms with Gasteiger partial charge in [0, 0.05) is 38.4 Å². The predicted octanol–water partition coefficient (Wildman–Crippen LogP) is 14.5. The lowest BCUT2D eigenvalue weighted by Crippen LogP contribution is -1.97. The summed E-state index contributed by atoms with van der Waals surface area (Å²) < 4.78 is 9.26. The van der Waals surface area contributed by atoms with E-state index >= 15 is 0 Å². The number of para-hydroxylation sites is 3. The minimum Gasteiger partial charge on any atom is -0.455 e. The number of furan rings is 1. The third kappa shape index (κ3) is 4.81. The molecule has 2 heteroatoms. The van der Waals surface area contributed by atoms with Crippen LogP contribution in [0.1, 0.15) is 0 Å². The van der Waals surface area contributed by atoms with E-state index in [4.69, 9.17) is 4.42 Å². The smallest absolute Gasteiger partial charge is 0.143 e. The number of nitrogens with zero attached hydrogens (tertiary/aromatic N) is 1. The van der Waals surface area contributed by atoms with Crippen LogP contribution in [0.5, 0.6) is 0 Å². The van der Waals surface area contributed by atoms with Gasteiger partial charge in [0.05, 0.1) is 11.0 Å². The van der Waals surface area contributed by atoms with E-state index < -0.39 is 0 Å². The van der Waals surface area contributed by atoms with Crippen LogP contribution in [0.4, 0.5) is 0 Å². The minimum absolute atomic E-state index is 0.905. The zero-order valence-corrected chi connectivity index (χ0v) is 29.4. The Labute approximate surface area is 312 Å². The molecule has 0 unspecified atom stereocenters. The number of aromatic nitrogens is 1. The van der Waals surface area contributed by atoms with Crippen molar-refractivity contribution in [2.24, 2.45) is 0 Å². The van der Waals surface area contributed by atoms with E-state index in [1.54, 1.807) is 0 Å². The molecule has 0 saturated heterocycles. The maximum Gasteiger partial charge on any atom is 0.143 e. The van der Waals surface area contributed by atoms with Crippen LogP contribution < -0.4 is 0 Å². The van der Waals surface area contributed by atoms with E-state index in [1.165, 1.54) is 60.4 Å². The zero-order chi connectivity index (χ0) is 35.6. The van der Waals surface area contributed by atoms with Gasteiger partial charge in [-0.05, 0) is 74.5 Å². The summed E-state index contributed by atoms with van der Waals surface area (Å²) in [4.78, 5) is 0. The van der Waals surface area contributed by atoms with Gasteiger partial charge in [-0.3, -0.25) is 0 Å². The summed E-state index contributed by atoms with van der Waals surface area (Å²) in [7, 11) is 0. The van der Waals surface area contributed by atoms with E-state index in [0.717, 1.165) is 44.3 Å². The van der Waals surface area contributed by atoms with Gasteiger partial charge in [-0.1, -0.05) is 170 Å². The Morgan fingerprint density at radius 3 is 1.65 bits per heavy atom. The molecule has 0 spiro atoms. The van der Waals surface area contributed by atoms with E-state index in [9.17, 15) is 0 Å². The largest absolute Gasteiger partial charge is 0.455 e. The highest BCUT2D eigenvalue weighted by atomic mass is 16.3. The van der Waals surface area contributed by atoms with Crippen LogP contribution in [0.2, 0.25) is 0 Å². The molecule has 0 aliphatic heterocycles. The lowest BCUT2D eigenvalue weighted by Gasteiger charge is -2.16. The molecule has 11 rings (SSSR count). The van der Waals surface area contributed by atoms with Crippen molar-refractivity contribution >= 4 is 54.5 Å². The molecule has 0 N–H and O–H groups in total. The topological polar surface area (TPSA) is 18.1 Å². The molecular formula is C52H33NO. The Hall–Kier alpha value is -7.16. The van der Waals surface area contributed by atoms with Crippen LogP contribution >= 0.6 is 0 Å². The minimum atomic E-state index is 0.905. The fraction of sp³-hybridized carbons (Fsp3) is 0. The summed E-state index contributed by atoms with van der Waals surface area (Å²) in [5.41, 5.74) is 14.6. The molecule has 0 atom stereocenters. The quantitative estimate of drug-likeness (QED) is 0.176. The molecule has 9 aromatic carbocycles. The van der Waals surface area contributed by atoms with Crippen LogP contribution in [0.25, 0.3) is 105 Å². The standard InChI is InChI=1S/C52H33NO/c1-3-13-34(14-4-1)36-25-27-37(28-26-36)40-31-39(35-15-5-2-6-16-35)32-41(33-40)53-48-24-10-9-19-43(48)44-20-11-21-45(51(44)53)46-22-12-23-47-50-42-18-8-7-17-38(42)29-30-49(50)54-52(46)47/h1-33H. The van der Waals surface area contributed by atoms with Gasteiger partial charge >= 0.3 is 0 Å². The highest BCUT2D eigenvalue weighted by molar-refractivity contribution is 6.22. The van der Waals surface area contributed by atoms with E-state index in [2.05, 4.69) is 205 Å². The average molecular weight is 688 g/mol. The zero-order valence-electron chi connectivity index (χ0n) is 29.4. The second-order valence-electron chi connectivity index (χ2n) is 14.1. The lowest BCUT2D eigenvalue weighted by atomic mass is 9.96. The molecule has 0 bridgehead atoms. The normalized spacial score (nSPS) is 11.7. The van der Waals surface area contributed by atoms with Crippen molar-refractivity contribution in [2.45, 2.75) is 0 Å². The van der Waals surface area contributed by atoms with Crippen LogP contribution in [0.3, 0.4) is 0 Å². The maximum absolute atomic E-state index is 6.80. The molecule has 252 valence electrons. The monoisotopic (exact) mass is 687 g/mol. The van der Waals surface area contributed by atoms with Gasteiger partial charge < -0.3 is 8.98 Å². The number of hydrogen-bond donors (Lipinski definition) is 0. The molecule has 54 heavy (non-hydrogen) atoms. The molecule has 0 radical (unpaired) electrons.